The summed E-state index contributed by atoms with van der Waals surface area (Å²) in [5, 5.41) is 7.47. The quantitative estimate of drug-likeness (QED) is 0.591. The van der Waals surface area contributed by atoms with Crippen LogP contribution in [0.3, 0.4) is 0 Å². The lowest BCUT2D eigenvalue weighted by Gasteiger charge is -2.17. The summed E-state index contributed by atoms with van der Waals surface area (Å²) in [5.41, 5.74) is 1.20. The third kappa shape index (κ3) is 4.26. The van der Waals surface area contributed by atoms with Gasteiger partial charge >= 0.3 is 5.69 Å². The highest BCUT2D eigenvalue weighted by Crippen LogP contribution is 2.17. The lowest BCUT2D eigenvalue weighted by molar-refractivity contribution is 0.459. The maximum absolute atomic E-state index is 12.5. The highest BCUT2D eigenvalue weighted by Gasteiger charge is 2.19. The van der Waals surface area contributed by atoms with Gasteiger partial charge in [0.25, 0.3) is 0 Å². The Bertz CT molecular complexity index is 1090. The molecule has 0 bridgehead atoms. The number of anilines is 1. The van der Waals surface area contributed by atoms with Gasteiger partial charge < -0.3 is 5.32 Å². The summed E-state index contributed by atoms with van der Waals surface area (Å²) in [6.07, 6.45) is 3.46. The molecule has 28 heavy (non-hydrogen) atoms. The Hall–Kier alpha value is -2.65. The van der Waals surface area contributed by atoms with E-state index in [0.717, 1.165) is 18.5 Å². The number of pyridine rings is 1. The van der Waals surface area contributed by atoms with Gasteiger partial charge in [-0.25, -0.2) is 22.2 Å². The van der Waals surface area contributed by atoms with Crippen LogP contribution in [-0.2, 0) is 16.6 Å². The first-order valence-corrected chi connectivity index (χ1v) is 10.7. The van der Waals surface area contributed by atoms with E-state index in [9.17, 15) is 13.2 Å². The fraction of sp³-hybridized carbons (Fsp3) is 0.368. The molecule has 0 unspecified atom stereocenters. The molecule has 0 spiro atoms. The zero-order valence-corrected chi connectivity index (χ0v) is 16.9. The van der Waals surface area contributed by atoms with E-state index in [1.165, 1.54) is 13.4 Å². The summed E-state index contributed by atoms with van der Waals surface area (Å²) < 4.78 is 29.3. The Morgan fingerprint density at radius 3 is 2.57 bits per heavy atom. The van der Waals surface area contributed by atoms with Gasteiger partial charge in [0.2, 0.25) is 10.0 Å². The minimum absolute atomic E-state index is 0.186. The average Bonchev–Trinajstić information content (AvgIpc) is 3.02. The van der Waals surface area contributed by atoms with Gasteiger partial charge in [0.15, 0.2) is 5.65 Å². The number of benzene rings is 1. The molecule has 1 N–H and O–H groups in total. The molecule has 0 saturated carbocycles. The fourth-order valence-corrected chi connectivity index (χ4v) is 4.05. The normalized spacial score (nSPS) is 12.0. The minimum Gasteiger partial charge on any atom is -0.383 e. The van der Waals surface area contributed by atoms with Gasteiger partial charge in [-0.15, -0.1) is 5.10 Å². The summed E-state index contributed by atoms with van der Waals surface area (Å²) in [5.74, 6) is 0. The maximum atomic E-state index is 12.5. The molecule has 0 amide bonds. The van der Waals surface area contributed by atoms with Crippen molar-refractivity contribution in [1.29, 1.82) is 0 Å². The molecule has 9 heteroatoms. The van der Waals surface area contributed by atoms with Crippen LogP contribution in [0.5, 0.6) is 0 Å². The number of rotatable bonds is 9. The molecule has 0 aliphatic carbocycles. The van der Waals surface area contributed by atoms with E-state index in [0.29, 0.717) is 25.3 Å². The molecule has 0 fully saturated rings. The second-order valence-electron chi connectivity index (χ2n) is 6.57. The molecular weight excluding hydrogens is 378 g/mol. The molecule has 150 valence electrons. The van der Waals surface area contributed by atoms with Gasteiger partial charge in [-0.05, 0) is 42.8 Å². The molecule has 0 aliphatic rings. The largest absolute Gasteiger partial charge is 0.383 e. The van der Waals surface area contributed by atoms with Gasteiger partial charge in [-0.2, -0.15) is 0 Å². The number of nitrogens with zero attached hydrogens (tertiary/aromatic N) is 4. The molecule has 3 aromatic rings. The second-order valence-corrected chi connectivity index (χ2v) is 8.61. The van der Waals surface area contributed by atoms with Crippen LogP contribution >= 0.6 is 0 Å². The Kier molecular flexibility index (Phi) is 6.15. The maximum Gasteiger partial charge on any atom is 0.350 e. The van der Waals surface area contributed by atoms with E-state index < -0.39 is 10.0 Å². The number of hydrogen-bond acceptors (Lipinski definition) is 5. The molecule has 8 nitrogen and oxygen atoms in total. The van der Waals surface area contributed by atoms with Crippen LogP contribution in [0.15, 0.2) is 58.4 Å². The van der Waals surface area contributed by atoms with Crippen molar-refractivity contribution >= 4 is 21.4 Å². The fourth-order valence-electron chi connectivity index (χ4n) is 2.85. The van der Waals surface area contributed by atoms with Crippen LogP contribution < -0.4 is 11.0 Å². The van der Waals surface area contributed by atoms with E-state index in [1.54, 1.807) is 49.6 Å². The molecule has 0 radical (unpaired) electrons. The van der Waals surface area contributed by atoms with Crippen molar-refractivity contribution in [3.05, 3.63) is 59.1 Å². The van der Waals surface area contributed by atoms with Crippen molar-refractivity contribution in [2.24, 2.45) is 0 Å². The first kappa shape index (κ1) is 20.1. The monoisotopic (exact) mass is 403 g/mol. The van der Waals surface area contributed by atoms with E-state index in [2.05, 4.69) is 10.4 Å². The summed E-state index contributed by atoms with van der Waals surface area (Å²) >= 11 is 0. The van der Waals surface area contributed by atoms with Gasteiger partial charge in [-0.1, -0.05) is 19.4 Å². The highest BCUT2D eigenvalue weighted by atomic mass is 32.2. The first-order chi connectivity index (χ1) is 13.4. The number of sulfonamides is 1. The Labute approximate surface area is 164 Å². The van der Waals surface area contributed by atoms with E-state index >= 15 is 0 Å². The van der Waals surface area contributed by atoms with Crippen LogP contribution in [0.2, 0.25) is 0 Å². The molecule has 2 heterocycles. The van der Waals surface area contributed by atoms with Crippen LogP contribution in [0.25, 0.3) is 5.65 Å². The Morgan fingerprint density at radius 1 is 1.14 bits per heavy atom. The molecule has 3 rings (SSSR count). The van der Waals surface area contributed by atoms with Crippen molar-refractivity contribution in [1.82, 2.24) is 18.5 Å². The second kappa shape index (κ2) is 8.57. The number of hydrogen-bond donors (Lipinski definition) is 1. The Balaban J connectivity index is 1.61. The van der Waals surface area contributed by atoms with Crippen LogP contribution in [-0.4, -0.2) is 47.0 Å². The zero-order valence-electron chi connectivity index (χ0n) is 16.1. The van der Waals surface area contributed by atoms with Crippen molar-refractivity contribution in [3.63, 3.8) is 0 Å². The molecule has 2 aromatic heterocycles. The molecular formula is C19H25N5O3S. The van der Waals surface area contributed by atoms with Crippen LogP contribution in [0.1, 0.15) is 19.8 Å². The van der Waals surface area contributed by atoms with Crippen molar-refractivity contribution in [2.75, 3.05) is 25.5 Å². The number of fused-ring (bicyclic) bond motifs is 1. The number of aromatic nitrogens is 3. The lowest BCUT2D eigenvalue weighted by Crippen LogP contribution is -2.27. The third-order valence-corrected chi connectivity index (χ3v) is 6.40. The van der Waals surface area contributed by atoms with E-state index in [4.69, 9.17) is 0 Å². The smallest absolute Gasteiger partial charge is 0.350 e. The van der Waals surface area contributed by atoms with E-state index in [1.807, 2.05) is 13.0 Å². The standard InChI is InChI=1S/C19H25N5O3S/c1-3-4-13-22(2)28(26,27)17-10-8-16(9-11-17)20-12-15-24-19(25)23-14-6-5-7-18(23)21-24/h5-11,14,20H,3-4,12-13,15H2,1-2H3. The average molecular weight is 404 g/mol. The van der Waals surface area contributed by atoms with E-state index in [-0.39, 0.29) is 10.6 Å². The minimum atomic E-state index is -3.46. The summed E-state index contributed by atoms with van der Waals surface area (Å²) in [6.45, 7) is 3.43. The molecule has 0 atom stereocenters. The van der Waals surface area contributed by atoms with Gasteiger partial charge in [0.1, 0.15) is 0 Å². The van der Waals surface area contributed by atoms with Crippen molar-refractivity contribution in [3.8, 4) is 0 Å². The molecule has 0 aliphatic heterocycles. The van der Waals surface area contributed by atoms with Crippen LogP contribution in [0.4, 0.5) is 5.69 Å². The zero-order chi connectivity index (χ0) is 20.1. The lowest BCUT2D eigenvalue weighted by atomic mass is 10.3. The van der Waals surface area contributed by atoms with Gasteiger partial charge in [-0.3, -0.25) is 4.40 Å². The van der Waals surface area contributed by atoms with Gasteiger partial charge in [0.05, 0.1) is 11.4 Å². The Morgan fingerprint density at radius 2 is 1.89 bits per heavy atom. The predicted octanol–water partition coefficient (Wildman–Crippen LogP) is 2.03. The van der Waals surface area contributed by atoms with Crippen LogP contribution in [0, 0.1) is 0 Å². The summed E-state index contributed by atoms with van der Waals surface area (Å²) in [6, 6.07) is 12.0. The molecule has 0 saturated heterocycles. The highest BCUT2D eigenvalue weighted by molar-refractivity contribution is 7.89. The van der Waals surface area contributed by atoms with Crippen molar-refractivity contribution < 1.29 is 8.42 Å². The number of nitrogens with one attached hydrogen (secondary N) is 1. The molecule has 1 aromatic carbocycles. The van der Waals surface area contributed by atoms with Crippen molar-refractivity contribution in [2.45, 2.75) is 31.2 Å². The predicted molar refractivity (Wildman–Crippen MR) is 109 cm³/mol. The third-order valence-electron chi connectivity index (χ3n) is 4.53. The summed E-state index contributed by atoms with van der Waals surface area (Å²) in [4.78, 5) is 12.5. The SMILES string of the molecule is CCCCN(C)S(=O)(=O)c1ccc(NCCn2nc3ccccn3c2=O)cc1. The number of unbranched alkanes of at least 4 members (excludes halogenated alkanes) is 1. The summed E-state index contributed by atoms with van der Waals surface area (Å²) in [7, 11) is -1.86. The first-order valence-electron chi connectivity index (χ1n) is 9.28. The topological polar surface area (TPSA) is 88.7 Å². The van der Waals surface area contributed by atoms with Gasteiger partial charge in [0, 0.05) is 32.0 Å².